The number of hydrogen-bond acceptors (Lipinski definition) is 3. The van der Waals surface area contributed by atoms with Crippen LogP contribution < -0.4 is 15.8 Å². The Hall–Kier alpha value is -1.81. The minimum atomic E-state index is -0.156. The van der Waals surface area contributed by atoms with E-state index in [1.54, 1.807) is 6.08 Å². The monoisotopic (exact) mass is 262 g/mol. The van der Waals surface area contributed by atoms with Gasteiger partial charge in [0.25, 0.3) is 5.91 Å². The number of rotatable bonds is 8. The number of nitrogens with two attached hydrogens (primary N) is 1. The Kier molecular flexibility index (Phi) is 6.68. The second-order valence-electron chi connectivity index (χ2n) is 4.40. The third-order valence-electron chi connectivity index (χ3n) is 2.76. The predicted molar refractivity (Wildman–Crippen MR) is 77.1 cm³/mol. The number of hydrogen-bond donors (Lipinski definition) is 2. The van der Waals surface area contributed by atoms with Crippen LogP contribution in [0.4, 0.5) is 0 Å². The largest absolute Gasteiger partial charge is 0.484 e. The molecule has 3 N–H and O–H groups in total. The van der Waals surface area contributed by atoms with E-state index in [0.717, 1.165) is 12.8 Å². The fourth-order valence-electron chi connectivity index (χ4n) is 1.55. The summed E-state index contributed by atoms with van der Waals surface area (Å²) in [5.74, 6) is 0.527. The molecule has 1 unspecified atom stereocenters. The Morgan fingerprint density at radius 2 is 2.16 bits per heavy atom. The van der Waals surface area contributed by atoms with Gasteiger partial charge in [0.2, 0.25) is 0 Å². The van der Waals surface area contributed by atoms with Crippen molar-refractivity contribution in [2.75, 3.05) is 13.2 Å². The van der Waals surface area contributed by atoms with Gasteiger partial charge in [-0.15, -0.1) is 6.58 Å². The van der Waals surface area contributed by atoms with Gasteiger partial charge >= 0.3 is 0 Å². The normalized spacial score (nSPS) is 11.7. The van der Waals surface area contributed by atoms with Gasteiger partial charge in [-0.05, 0) is 30.5 Å². The van der Waals surface area contributed by atoms with E-state index in [1.165, 1.54) is 5.56 Å². The summed E-state index contributed by atoms with van der Waals surface area (Å²) in [6.07, 6.45) is 3.45. The van der Waals surface area contributed by atoms with E-state index in [4.69, 9.17) is 10.5 Å². The molecule has 0 aliphatic carbocycles. The SMILES string of the molecule is C=CCNC(=O)COc1ccc(CC(N)CC)cc1. The summed E-state index contributed by atoms with van der Waals surface area (Å²) in [4.78, 5) is 11.3. The van der Waals surface area contributed by atoms with Crippen LogP contribution in [0.25, 0.3) is 0 Å². The first-order valence-electron chi connectivity index (χ1n) is 6.50. The van der Waals surface area contributed by atoms with Gasteiger partial charge in [0.1, 0.15) is 5.75 Å². The maximum Gasteiger partial charge on any atom is 0.258 e. The lowest BCUT2D eigenvalue weighted by atomic mass is 10.0. The van der Waals surface area contributed by atoms with E-state index >= 15 is 0 Å². The standard InChI is InChI=1S/C15H22N2O2/c1-3-9-17-15(18)11-19-14-7-5-12(6-8-14)10-13(16)4-2/h3,5-8,13H,1,4,9-11,16H2,2H3,(H,17,18). The van der Waals surface area contributed by atoms with Gasteiger partial charge in [0, 0.05) is 12.6 Å². The smallest absolute Gasteiger partial charge is 0.258 e. The van der Waals surface area contributed by atoms with Crippen molar-refractivity contribution in [2.24, 2.45) is 5.73 Å². The Labute approximate surface area is 114 Å². The minimum Gasteiger partial charge on any atom is -0.484 e. The molecule has 4 nitrogen and oxygen atoms in total. The van der Waals surface area contributed by atoms with Crippen LogP contribution in [0.3, 0.4) is 0 Å². The zero-order valence-electron chi connectivity index (χ0n) is 11.4. The van der Waals surface area contributed by atoms with Crippen LogP contribution >= 0.6 is 0 Å². The molecule has 0 fully saturated rings. The number of carbonyl (C=O) groups excluding carboxylic acids is 1. The highest BCUT2D eigenvalue weighted by molar-refractivity contribution is 5.77. The molecule has 0 aliphatic rings. The molecular weight excluding hydrogens is 240 g/mol. The first-order valence-corrected chi connectivity index (χ1v) is 6.50. The molecule has 1 aromatic carbocycles. The first-order chi connectivity index (χ1) is 9.15. The molecule has 0 saturated carbocycles. The number of ether oxygens (including phenoxy) is 1. The van der Waals surface area contributed by atoms with Crippen molar-refractivity contribution >= 4 is 5.91 Å². The number of carbonyl (C=O) groups is 1. The van der Waals surface area contributed by atoms with E-state index in [0.29, 0.717) is 12.3 Å². The van der Waals surface area contributed by atoms with Gasteiger partial charge in [0.05, 0.1) is 0 Å². The number of amides is 1. The highest BCUT2D eigenvalue weighted by Gasteiger charge is 2.03. The summed E-state index contributed by atoms with van der Waals surface area (Å²) in [7, 11) is 0. The third kappa shape index (κ3) is 6.06. The molecule has 4 heteroatoms. The van der Waals surface area contributed by atoms with Gasteiger partial charge < -0.3 is 15.8 Å². The van der Waals surface area contributed by atoms with Gasteiger partial charge in [-0.3, -0.25) is 4.79 Å². The maximum absolute atomic E-state index is 11.3. The van der Waals surface area contributed by atoms with Crippen molar-refractivity contribution in [3.8, 4) is 5.75 Å². The summed E-state index contributed by atoms with van der Waals surface area (Å²) in [6.45, 7) is 6.07. The molecule has 1 rings (SSSR count). The number of nitrogens with one attached hydrogen (secondary N) is 1. The number of benzene rings is 1. The van der Waals surface area contributed by atoms with Crippen molar-refractivity contribution in [1.82, 2.24) is 5.32 Å². The molecule has 0 bridgehead atoms. The van der Waals surface area contributed by atoms with E-state index in [-0.39, 0.29) is 18.6 Å². The zero-order valence-corrected chi connectivity index (χ0v) is 11.4. The molecule has 1 amide bonds. The fraction of sp³-hybridized carbons (Fsp3) is 0.400. The Morgan fingerprint density at radius 3 is 2.74 bits per heavy atom. The second kappa shape index (κ2) is 8.32. The van der Waals surface area contributed by atoms with Crippen LogP contribution in [-0.4, -0.2) is 25.1 Å². The Balaban J connectivity index is 2.39. The molecule has 104 valence electrons. The van der Waals surface area contributed by atoms with Crippen LogP contribution in [0.1, 0.15) is 18.9 Å². The van der Waals surface area contributed by atoms with Crippen molar-refractivity contribution in [3.63, 3.8) is 0 Å². The lowest BCUT2D eigenvalue weighted by molar-refractivity contribution is -0.122. The highest BCUT2D eigenvalue weighted by Crippen LogP contribution is 2.13. The Bertz CT molecular complexity index is 401. The van der Waals surface area contributed by atoms with Crippen LogP contribution in [-0.2, 0) is 11.2 Å². The second-order valence-corrected chi connectivity index (χ2v) is 4.40. The summed E-state index contributed by atoms with van der Waals surface area (Å²) in [5.41, 5.74) is 7.07. The van der Waals surface area contributed by atoms with E-state index < -0.39 is 0 Å². The molecular formula is C15H22N2O2. The van der Waals surface area contributed by atoms with Gasteiger partial charge in [-0.25, -0.2) is 0 Å². The van der Waals surface area contributed by atoms with Crippen molar-refractivity contribution in [3.05, 3.63) is 42.5 Å². The highest BCUT2D eigenvalue weighted by atomic mass is 16.5. The van der Waals surface area contributed by atoms with Crippen LogP contribution in [0.15, 0.2) is 36.9 Å². The quantitative estimate of drug-likeness (QED) is 0.700. The molecule has 0 aromatic heterocycles. The summed E-state index contributed by atoms with van der Waals surface area (Å²) in [5, 5.41) is 2.65. The fourth-order valence-corrected chi connectivity index (χ4v) is 1.55. The first kappa shape index (κ1) is 15.2. The van der Waals surface area contributed by atoms with Gasteiger partial charge in [0.15, 0.2) is 6.61 Å². The van der Waals surface area contributed by atoms with E-state index in [2.05, 4.69) is 18.8 Å². The van der Waals surface area contributed by atoms with E-state index in [9.17, 15) is 4.79 Å². The van der Waals surface area contributed by atoms with Crippen LogP contribution in [0.2, 0.25) is 0 Å². The average Bonchev–Trinajstić information content (AvgIpc) is 2.44. The van der Waals surface area contributed by atoms with Crippen LogP contribution in [0, 0.1) is 0 Å². The van der Waals surface area contributed by atoms with Crippen molar-refractivity contribution in [2.45, 2.75) is 25.8 Å². The molecule has 0 aliphatic heterocycles. The molecule has 0 spiro atoms. The molecule has 0 heterocycles. The average molecular weight is 262 g/mol. The molecule has 1 aromatic rings. The zero-order chi connectivity index (χ0) is 14.1. The van der Waals surface area contributed by atoms with Gasteiger partial charge in [-0.1, -0.05) is 25.1 Å². The maximum atomic E-state index is 11.3. The predicted octanol–water partition coefficient (Wildman–Crippen LogP) is 1.65. The van der Waals surface area contributed by atoms with Crippen molar-refractivity contribution in [1.29, 1.82) is 0 Å². The third-order valence-corrected chi connectivity index (χ3v) is 2.76. The summed E-state index contributed by atoms with van der Waals surface area (Å²) >= 11 is 0. The topological polar surface area (TPSA) is 64.3 Å². The Morgan fingerprint density at radius 1 is 1.47 bits per heavy atom. The van der Waals surface area contributed by atoms with Crippen molar-refractivity contribution < 1.29 is 9.53 Å². The molecule has 0 saturated heterocycles. The van der Waals surface area contributed by atoms with Crippen LogP contribution in [0.5, 0.6) is 5.75 Å². The lowest BCUT2D eigenvalue weighted by Crippen LogP contribution is -2.28. The van der Waals surface area contributed by atoms with E-state index in [1.807, 2.05) is 24.3 Å². The molecule has 0 radical (unpaired) electrons. The summed E-state index contributed by atoms with van der Waals surface area (Å²) < 4.78 is 5.37. The van der Waals surface area contributed by atoms with Gasteiger partial charge in [-0.2, -0.15) is 0 Å². The lowest BCUT2D eigenvalue weighted by Gasteiger charge is -2.10. The minimum absolute atomic E-state index is 0.0155. The molecule has 1 atom stereocenters. The molecule has 19 heavy (non-hydrogen) atoms. The summed E-state index contributed by atoms with van der Waals surface area (Å²) in [6, 6.07) is 7.87.